The number of hydrogen-bond donors (Lipinski definition) is 1. The van der Waals surface area contributed by atoms with Gasteiger partial charge in [0.15, 0.2) is 11.5 Å². The first-order chi connectivity index (χ1) is 9.35. The summed E-state index contributed by atoms with van der Waals surface area (Å²) in [5, 5.41) is 10.4. The minimum atomic E-state index is -0.550. The zero-order valence-electron chi connectivity index (χ0n) is 13.4. The number of nitrogens with zero attached hydrogens (tertiary/aromatic N) is 1. The predicted octanol–water partition coefficient (Wildman–Crippen LogP) is 2.86. The molecule has 1 unspecified atom stereocenters. The summed E-state index contributed by atoms with van der Waals surface area (Å²) in [5.74, 6) is 1.31. The molecule has 1 aromatic carbocycles. The Kier molecular flexibility index (Phi) is 5.84. The Morgan fingerprint density at radius 3 is 2.30 bits per heavy atom. The van der Waals surface area contributed by atoms with Gasteiger partial charge >= 0.3 is 0 Å². The molecule has 0 fully saturated rings. The SMILES string of the molecule is CCC(C)(C)N(C)CC(O)c1ccc(OC)c(OC)c1. The van der Waals surface area contributed by atoms with Gasteiger partial charge in [-0.2, -0.15) is 0 Å². The van der Waals surface area contributed by atoms with Crippen molar-refractivity contribution >= 4 is 0 Å². The number of methoxy groups -OCH3 is 2. The largest absolute Gasteiger partial charge is 0.493 e. The summed E-state index contributed by atoms with van der Waals surface area (Å²) in [5.41, 5.74) is 0.902. The van der Waals surface area contributed by atoms with Gasteiger partial charge in [-0.15, -0.1) is 0 Å². The Bertz CT molecular complexity index is 432. The Morgan fingerprint density at radius 2 is 1.80 bits per heavy atom. The van der Waals surface area contributed by atoms with E-state index in [-0.39, 0.29) is 5.54 Å². The first-order valence-corrected chi connectivity index (χ1v) is 6.97. The van der Waals surface area contributed by atoms with Gasteiger partial charge in [-0.05, 0) is 45.0 Å². The summed E-state index contributed by atoms with van der Waals surface area (Å²) in [7, 11) is 5.24. The third kappa shape index (κ3) is 3.87. The standard InChI is InChI=1S/C16H27NO3/c1-7-16(2,3)17(4)11-13(18)12-8-9-14(19-5)15(10-12)20-6/h8-10,13,18H,7,11H2,1-6H3. The molecule has 1 N–H and O–H groups in total. The van der Waals surface area contributed by atoms with Crippen LogP contribution in [0.1, 0.15) is 38.9 Å². The van der Waals surface area contributed by atoms with Crippen molar-refractivity contribution in [1.29, 1.82) is 0 Å². The van der Waals surface area contributed by atoms with Crippen molar-refractivity contribution in [3.63, 3.8) is 0 Å². The van der Waals surface area contributed by atoms with Crippen LogP contribution in [0.2, 0.25) is 0 Å². The fourth-order valence-corrected chi connectivity index (χ4v) is 1.94. The molecule has 20 heavy (non-hydrogen) atoms. The van der Waals surface area contributed by atoms with E-state index in [0.717, 1.165) is 12.0 Å². The Balaban J connectivity index is 2.85. The summed E-state index contributed by atoms with van der Waals surface area (Å²) in [4.78, 5) is 2.17. The smallest absolute Gasteiger partial charge is 0.161 e. The van der Waals surface area contributed by atoms with Crippen LogP contribution in [0.15, 0.2) is 18.2 Å². The molecule has 4 heteroatoms. The van der Waals surface area contributed by atoms with Crippen molar-refractivity contribution in [1.82, 2.24) is 4.90 Å². The van der Waals surface area contributed by atoms with Gasteiger partial charge in [-0.25, -0.2) is 0 Å². The summed E-state index contributed by atoms with van der Waals surface area (Å²) in [6.45, 7) is 7.08. The van der Waals surface area contributed by atoms with Crippen LogP contribution >= 0.6 is 0 Å². The molecule has 0 aromatic heterocycles. The topological polar surface area (TPSA) is 41.9 Å². The van der Waals surface area contributed by atoms with Crippen LogP contribution in [0.25, 0.3) is 0 Å². The lowest BCUT2D eigenvalue weighted by atomic mass is 9.98. The molecule has 0 saturated heterocycles. The average Bonchev–Trinajstić information content (AvgIpc) is 2.46. The van der Waals surface area contributed by atoms with Crippen molar-refractivity contribution in [2.45, 2.75) is 38.8 Å². The number of benzene rings is 1. The molecule has 1 atom stereocenters. The highest BCUT2D eigenvalue weighted by molar-refractivity contribution is 5.43. The first-order valence-electron chi connectivity index (χ1n) is 6.97. The maximum atomic E-state index is 10.4. The molecule has 0 bridgehead atoms. The monoisotopic (exact) mass is 281 g/mol. The number of aliphatic hydroxyl groups excluding tert-OH is 1. The Labute approximate surface area is 122 Å². The number of ether oxygens (including phenoxy) is 2. The number of rotatable bonds is 7. The summed E-state index contributed by atoms with van der Waals surface area (Å²) in [6, 6.07) is 5.53. The van der Waals surface area contributed by atoms with Crippen LogP contribution in [0.3, 0.4) is 0 Å². The Morgan fingerprint density at radius 1 is 1.20 bits per heavy atom. The van der Waals surface area contributed by atoms with E-state index in [9.17, 15) is 5.11 Å². The molecular weight excluding hydrogens is 254 g/mol. The fraction of sp³-hybridized carbons (Fsp3) is 0.625. The third-order valence-corrected chi connectivity index (χ3v) is 4.14. The molecule has 114 valence electrons. The molecule has 0 saturated carbocycles. The number of likely N-dealkylation sites (N-methyl/N-ethyl adjacent to an activating group) is 1. The van der Waals surface area contributed by atoms with Gasteiger partial charge in [0, 0.05) is 12.1 Å². The van der Waals surface area contributed by atoms with Gasteiger partial charge in [-0.1, -0.05) is 13.0 Å². The van der Waals surface area contributed by atoms with Gasteiger partial charge in [0.1, 0.15) is 0 Å². The second-order valence-corrected chi connectivity index (χ2v) is 5.68. The highest BCUT2D eigenvalue weighted by Gasteiger charge is 2.24. The first kappa shape index (κ1) is 16.8. The zero-order chi connectivity index (χ0) is 15.3. The molecular formula is C16H27NO3. The Hall–Kier alpha value is -1.26. The zero-order valence-corrected chi connectivity index (χ0v) is 13.4. The highest BCUT2D eigenvalue weighted by Crippen LogP contribution is 2.30. The molecule has 0 amide bonds. The molecule has 1 rings (SSSR count). The van der Waals surface area contributed by atoms with Crippen LogP contribution in [-0.4, -0.2) is 43.4 Å². The summed E-state index contributed by atoms with van der Waals surface area (Å²) >= 11 is 0. The van der Waals surface area contributed by atoms with E-state index in [1.807, 2.05) is 25.2 Å². The van der Waals surface area contributed by atoms with Crippen molar-refractivity contribution in [2.24, 2.45) is 0 Å². The van der Waals surface area contributed by atoms with Crippen molar-refractivity contribution < 1.29 is 14.6 Å². The van der Waals surface area contributed by atoms with Crippen LogP contribution in [0.5, 0.6) is 11.5 Å². The molecule has 4 nitrogen and oxygen atoms in total. The van der Waals surface area contributed by atoms with Crippen molar-refractivity contribution in [3.8, 4) is 11.5 Å². The van der Waals surface area contributed by atoms with Crippen molar-refractivity contribution in [2.75, 3.05) is 27.8 Å². The second-order valence-electron chi connectivity index (χ2n) is 5.68. The molecule has 0 aliphatic heterocycles. The highest BCUT2D eigenvalue weighted by atomic mass is 16.5. The van der Waals surface area contributed by atoms with Crippen molar-refractivity contribution in [3.05, 3.63) is 23.8 Å². The average molecular weight is 281 g/mol. The van der Waals surface area contributed by atoms with E-state index in [1.165, 1.54) is 0 Å². The molecule has 0 aliphatic carbocycles. The van der Waals surface area contributed by atoms with E-state index in [2.05, 4.69) is 25.7 Å². The lowest BCUT2D eigenvalue weighted by Gasteiger charge is -2.36. The van der Waals surface area contributed by atoms with Crippen LogP contribution in [-0.2, 0) is 0 Å². The normalized spacial score (nSPS) is 13.4. The maximum Gasteiger partial charge on any atom is 0.161 e. The fourth-order valence-electron chi connectivity index (χ4n) is 1.94. The minimum Gasteiger partial charge on any atom is -0.493 e. The molecule has 0 radical (unpaired) electrons. The van der Waals surface area contributed by atoms with E-state index in [0.29, 0.717) is 18.0 Å². The number of aliphatic hydroxyl groups is 1. The van der Waals surface area contributed by atoms with Gasteiger partial charge < -0.3 is 14.6 Å². The third-order valence-electron chi connectivity index (χ3n) is 4.14. The van der Waals surface area contributed by atoms with Gasteiger partial charge in [0.25, 0.3) is 0 Å². The second kappa shape index (κ2) is 6.95. The minimum absolute atomic E-state index is 0.0670. The van der Waals surface area contributed by atoms with Gasteiger partial charge in [-0.3, -0.25) is 4.90 Å². The molecule has 1 aromatic rings. The van der Waals surface area contributed by atoms with Gasteiger partial charge in [0.2, 0.25) is 0 Å². The lowest BCUT2D eigenvalue weighted by Crippen LogP contribution is -2.42. The van der Waals surface area contributed by atoms with E-state index < -0.39 is 6.10 Å². The molecule has 0 spiro atoms. The summed E-state index contributed by atoms with van der Waals surface area (Å²) < 4.78 is 10.5. The van der Waals surface area contributed by atoms with Gasteiger partial charge in [0.05, 0.1) is 20.3 Å². The quantitative estimate of drug-likeness (QED) is 0.834. The van der Waals surface area contributed by atoms with Crippen LogP contribution in [0.4, 0.5) is 0 Å². The number of hydrogen-bond acceptors (Lipinski definition) is 4. The number of β-amino-alcohol motifs (C(OH)–C–C–N with tert-alkyl or cyclic N) is 1. The lowest BCUT2D eigenvalue weighted by molar-refractivity contribution is 0.0685. The van der Waals surface area contributed by atoms with E-state index in [1.54, 1.807) is 14.2 Å². The maximum absolute atomic E-state index is 10.4. The van der Waals surface area contributed by atoms with Crippen LogP contribution < -0.4 is 9.47 Å². The predicted molar refractivity (Wildman–Crippen MR) is 81.5 cm³/mol. The van der Waals surface area contributed by atoms with E-state index in [4.69, 9.17) is 9.47 Å². The van der Waals surface area contributed by atoms with E-state index >= 15 is 0 Å². The molecule has 0 aliphatic rings. The molecule has 0 heterocycles. The van der Waals surface area contributed by atoms with Crippen LogP contribution in [0, 0.1) is 0 Å². The summed E-state index contributed by atoms with van der Waals surface area (Å²) in [6.07, 6.45) is 0.480.